The van der Waals surface area contributed by atoms with Crippen LogP contribution in [0.4, 0.5) is 11.4 Å². The molecule has 1 aromatic heterocycles. The summed E-state index contributed by atoms with van der Waals surface area (Å²) in [6, 6.07) is 17.3. The molecule has 0 radical (unpaired) electrons. The van der Waals surface area contributed by atoms with Crippen molar-refractivity contribution in [3.8, 4) is 0 Å². The van der Waals surface area contributed by atoms with Crippen LogP contribution in [0.3, 0.4) is 0 Å². The van der Waals surface area contributed by atoms with Gasteiger partial charge in [0.15, 0.2) is 0 Å². The summed E-state index contributed by atoms with van der Waals surface area (Å²) in [7, 11) is 0. The van der Waals surface area contributed by atoms with E-state index in [1.807, 2.05) is 59.4 Å². The van der Waals surface area contributed by atoms with Crippen LogP contribution in [-0.2, 0) is 16.1 Å². The van der Waals surface area contributed by atoms with Gasteiger partial charge in [-0.1, -0.05) is 42.5 Å². The highest BCUT2D eigenvalue weighted by Crippen LogP contribution is 2.29. The van der Waals surface area contributed by atoms with Gasteiger partial charge in [-0.15, -0.1) is 0 Å². The fraction of sp³-hybridized carbons (Fsp3) is 0.0952. The Morgan fingerprint density at radius 3 is 2.74 bits per heavy atom. The summed E-state index contributed by atoms with van der Waals surface area (Å²) in [6.45, 7) is 0.676. The molecule has 2 amide bonds. The predicted molar refractivity (Wildman–Crippen MR) is 104 cm³/mol. The molecule has 0 unspecified atom stereocenters. The fourth-order valence-electron chi connectivity index (χ4n) is 3.01. The Balaban J connectivity index is 1.47. The van der Waals surface area contributed by atoms with Gasteiger partial charge in [-0.2, -0.15) is 5.10 Å². The predicted octanol–water partition coefficient (Wildman–Crippen LogP) is 2.93. The minimum atomic E-state index is -0.242. The minimum Gasteiger partial charge on any atom is -0.323 e. The molecule has 2 aromatic carbocycles. The molecule has 4 rings (SSSR count). The summed E-state index contributed by atoms with van der Waals surface area (Å²) < 4.78 is 1.82. The third-order valence-electron chi connectivity index (χ3n) is 4.30. The number of benzene rings is 2. The summed E-state index contributed by atoms with van der Waals surface area (Å²) in [5.74, 6) is -0.445. The van der Waals surface area contributed by atoms with Crippen molar-refractivity contribution in [1.29, 1.82) is 0 Å². The second-order valence-electron chi connectivity index (χ2n) is 6.28. The van der Waals surface area contributed by atoms with Gasteiger partial charge in [-0.25, -0.2) is 0 Å². The number of carbonyl (C=O) groups is 2. The molecule has 0 spiro atoms. The van der Waals surface area contributed by atoms with Crippen LogP contribution >= 0.6 is 0 Å². The lowest BCUT2D eigenvalue weighted by Gasteiger charge is -2.28. The van der Waals surface area contributed by atoms with Gasteiger partial charge in [-0.05, 0) is 23.8 Å². The number of rotatable bonds is 4. The number of fused-ring (bicyclic) bond motifs is 1. The molecule has 2 heterocycles. The van der Waals surface area contributed by atoms with Crippen molar-refractivity contribution in [3.05, 3.63) is 84.2 Å². The van der Waals surface area contributed by atoms with E-state index in [0.717, 1.165) is 11.1 Å². The first-order valence-corrected chi connectivity index (χ1v) is 8.64. The lowest BCUT2D eigenvalue weighted by atomic mass is 10.2. The molecule has 0 saturated carbocycles. The zero-order valence-corrected chi connectivity index (χ0v) is 14.6. The number of hydrogen-bond donors (Lipinski definition) is 1. The normalized spacial score (nSPS) is 13.5. The maximum absolute atomic E-state index is 12.6. The van der Waals surface area contributed by atoms with E-state index in [4.69, 9.17) is 0 Å². The van der Waals surface area contributed by atoms with Gasteiger partial charge in [0.2, 0.25) is 5.91 Å². The molecule has 6 nitrogen and oxygen atoms in total. The van der Waals surface area contributed by atoms with Crippen LogP contribution < -0.4 is 10.2 Å². The number of nitrogens with one attached hydrogen (secondary N) is 1. The van der Waals surface area contributed by atoms with E-state index < -0.39 is 0 Å². The van der Waals surface area contributed by atoms with Gasteiger partial charge in [-0.3, -0.25) is 19.2 Å². The van der Waals surface area contributed by atoms with Crippen LogP contribution in [0.25, 0.3) is 6.08 Å². The van der Waals surface area contributed by atoms with Gasteiger partial charge in [0.05, 0.1) is 24.1 Å². The molecule has 6 heteroatoms. The smallest absolute Gasteiger partial charge is 0.251 e. The largest absolute Gasteiger partial charge is 0.323 e. The average molecular weight is 358 g/mol. The topological polar surface area (TPSA) is 67.2 Å². The molecular weight excluding hydrogens is 340 g/mol. The summed E-state index contributed by atoms with van der Waals surface area (Å²) in [6.07, 6.45) is 6.78. The molecule has 0 fully saturated rings. The van der Waals surface area contributed by atoms with Gasteiger partial charge < -0.3 is 5.32 Å². The Morgan fingerprint density at radius 1 is 1.11 bits per heavy atom. The number of carbonyl (C=O) groups excluding carboxylic acids is 2. The fourth-order valence-corrected chi connectivity index (χ4v) is 3.01. The van der Waals surface area contributed by atoms with Crippen molar-refractivity contribution in [2.75, 3.05) is 16.8 Å². The molecule has 0 bridgehead atoms. The van der Waals surface area contributed by atoms with Crippen molar-refractivity contribution >= 4 is 29.3 Å². The highest BCUT2D eigenvalue weighted by Gasteiger charge is 2.25. The number of anilines is 2. The average Bonchev–Trinajstić information content (AvgIpc) is 3.13. The van der Waals surface area contributed by atoms with Gasteiger partial charge in [0.1, 0.15) is 6.54 Å². The Bertz CT molecular complexity index is 1010. The zero-order chi connectivity index (χ0) is 18.6. The molecule has 3 aromatic rings. The SMILES string of the molecule is O=C1CN(C(=O)C=Cc2cnn(Cc3ccccc3)c2)c2ccccc2N1. The van der Waals surface area contributed by atoms with Crippen molar-refractivity contribution in [2.24, 2.45) is 0 Å². The Morgan fingerprint density at radius 2 is 1.89 bits per heavy atom. The molecule has 1 N–H and O–H groups in total. The molecule has 0 aliphatic carbocycles. The van der Waals surface area contributed by atoms with Crippen molar-refractivity contribution in [3.63, 3.8) is 0 Å². The van der Waals surface area contributed by atoms with E-state index in [0.29, 0.717) is 17.9 Å². The number of para-hydroxylation sites is 2. The molecule has 1 aliphatic heterocycles. The molecule has 0 atom stereocenters. The van der Waals surface area contributed by atoms with Crippen molar-refractivity contribution in [2.45, 2.75) is 6.54 Å². The van der Waals surface area contributed by atoms with Gasteiger partial charge in [0.25, 0.3) is 5.91 Å². The van der Waals surface area contributed by atoms with Gasteiger partial charge >= 0.3 is 0 Å². The second-order valence-corrected chi connectivity index (χ2v) is 6.28. The number of nitrogens with zero attached hydrogens (tertiary/aromatic N) is 3. The van der Waals surface area contributed by atoms with Crippen LogP contribution in [-0.4, -0.2) is 28.1 Å². The summed E-state index contributed by atoms with van der Waals surface area (Å²) in [5.41, 5.74) is 3.33. The Labute approximate surface area is 156 Å². The van der Waals surface area contributed by atoms with Crippen LogP contribution in [0, 0.1) is 0 Å². The first kappa shape index (κ1) is 16.8. The lowest BCUT2D eigenvalue weighted by Crippen LogP contribution is -2.41. The van der Waals surface area contributed by atoms with E-state index in [2.05, 4.69) is 10.4 Å². The van der Waals surface area contributed by atoms with Crippen LogP contribution in [0.5, 0.6) is 0 Å². The van der Waals surface area contributed by atoms with Gasteiger partial charge in [0, 0.05) is 17.8 Å². The zero-order valence-electron chi connectivity index (χ0n) is 14.6. The summed E-state index contributed by atoms with van der Waals surface area (Å²) in [5, 5.41) is 7.10. The molecule has 27 heavy (non-hydrogen) atoms. The van der Waals surface area contributed by atoms with Crippen LogP contribution in [0.1, 0.15) is 11.1 Å². The van der Waals surface area contributed by atoms with Crippen molar-refractivity contribution < 1.29 is 9.59 Å². The summed E-state index contributed by atoms with van der Waals surface area (Å²) >= 11 is 0. The minimum absolute atomic E-state index is 0.00740. The molecule has 0 saturated heterocycles. The molecular formula is C21H18N4O2. The number of hydrogen-bond acceptors (Lipinski definition) is 3. The highest BCUT2D eigenvalue weighted by molar-refractivity contribution is 6.13. The Kier molecular flexibility index (Phi) is 4.53. The lowest BCUT2D eigenvalue weighted by molar-refractivity contribution is -0.119. The van der Waals surface area contributed by atoms with Crippen molar-refractivity contribution in [1.82, 2.24) is 9.78 Å². The first-order valence-electron chi connectivity index (χ1n) is 8.64. The monoisotopic (exact) mass is 358 g/mol. The van der Waals surface area contributed by atoms with E-state index in [-0.39, 0.29) is 18.4 Å². The van der Waals surface area contributed by atoms with Crippen LogP contribution in [0.2, 0.25) is 0 Å². The quantitative estimate of drug-likeness (QED) is 0.729. The summed E-state index contributed by atoms with van der Waals surface area (Å²) in [4.78, 5) is 25.9. The second kappa shape index (κ2) is 7.29. The Hall–Kier alpha value is -3.67. The maximum atomic E-state index is 12.6. The third kappa shape index (κ3) is 3.79. The molecule has 1 aliphatic rings. The third-order valence-corrected chi connectivity index (χ3v) is 4.30. The standard InChI is InChI=1S/C21H18N4O2/c26-20-15-25(19-9-5-4-8-18(19)23-20)21(27)11-10-17-12-22-24(14-17)13-16-6-2-1-3-7-16/h1-12,14H,13,15H2,(H,23,26). The maximum Gasteiger partial charge on any atom is 0.251 e. The van der Waals surface area contributed by atoms with E-state index in [1.165, 1.54) is 11.0 Å². The van der Waals surface area contributed by atoms with E-state index in [1.54, 1.807) is 18.3 Å². The first-order chi connectivity index (χ1) is 13.2. The molecule has 134 valence electrons. The van der Waals surface area contributed by atoms with E-state index >= 15 is 0 Å². The van der Waals surface area contributed by atoms with Crippen LogP contribution in [0.15, 0.2) is 73.1 Å². The van der Waals surface area contributed by atoms with E-state index in [9.17, 15) is 9.59 Å². The number of aromatic nitrogens is 2. The number of amides is 2. The highest BCUT2D eigenvalue weighted by atomic mass is 16.2.